The molecule has 1 unspecified atom stereocenters. The summed E-state index contributed by atoms with van der Waals surface area (Å²) in [5, 5.41) is 15.6. The van der Waals surface area contributed by atoms with Crippen LogP contribution in [0.25, 0.3) is 22.1 Å². The highest BCUT2D eigenvalue weighted by Gasteiger charge is 2.31. The van der Waals surface area contributed by atoms with E-state index in [1.165, 1.54) is 42.4 Å². The molecule has 0 saturated carbocycles. The van der Waals surface area contributed by atoms with Crippen LogP contribution in [0.4, 0.5) is 11.9 Å². The van der Waals surface area contributed by atoms with Gasteiger partial charge < -0.3 is 44.7 Å². The first kappa shape index (κ1) is 56.4. The number of benzene rings is 2. The SMILES string of the molecule is CCN=C(/C=C(/C)N)C(=O)Nc1nc2cc(S(N)(=O)=O)cc(OC)c2n1C/C=C/Cn1c(NC(=O)c2cc(C)nn2CC)nc2cc(C(N)=O)cc(OCCC3CN(C(=O)CCN(C)C(=O)CC(C=O)C(C)C)C3)c21. The van der Waals surface area contributed by atoms with E-state index in [4.69, 9.17) is 31.1 Å². The Kier molecular flexibility index (Phi) is 18.3. The van der Waals surface area contributed by atoms with Crippen LogP contribution in [0.1, 0.15) is 80.4 Å². The zero-order chi connectivity index (χ0) is 54.9. The van der Waals surface area contributed by atoms with Crippen molar-refractivity contribution < 1.29 is 46.7 Å². The lowest BCUT2D eigenvalue weighted by atomic mass is 9.93. The van der Waals surface area contributed by atoms with Crippen LogP contribution in [-0.2, 0) is 48.8 Å². The van der Waals surface area contributed by atoms with Gasteiger partial charge in [-0.1, -0.05) is 26.0 Å². The van der Waals surface area contributed by atoms with E-state index in [1.807, 2.05) is 20.8 Å². The molecule has 1 atom stereocenters. The average molecular weight is 1060 g/mol. The summed E-state index contributed by atoms with van der Waals surface area (Å²) in [5.74, 6) is -1.96. The molecule has 1 aliphatic heterocycles. The van der Waals surface area contributed by atoms with Gasteiger partial charge in [-0.3, -0.25) is 44.3 Å². The second-order valence-electron chi connectivity index (χ2n) is 18.6. The van der Waals surface area contributed by atoms with Gasteiger partial charge in [-0.2, -0.15) is 5.10 Å². The highest BCUT2D eigenvalue weighted by Crippen LogP contribution is 2.34. The summed E-state index contributed by atoms with van der Waals surface area (Å²) < 4.78 is 41.9. The molecule has 6 rings (SSSR count). The van der Waals surface area contributed by atoms with Crippen molar-refractivity contribution in [2.45, 2.75) is 85.3 Å². The van der Waals surface area contributed by atoms with Crippen LogP contribution in [-0.4, -0.2) is 136 Å². The molecular formula is C50H66N14O10S. The third kappa shape index (κ3) is 13.6. The minimum Gasteiger partial charge on any atom is -0.494 e. The molecule has 402 valence electrons. The van der Waals surface area contributed by atoms with Gasteiger partial charge >= 0.3 is 0 Å². The van der Waals surface area contributed by atoms with E-state index in [-0.39, 0.29) is 131 Å². The van der Waals surface area contributed by atoms with Gasteiger partial charge in [-0.25, -0.2) is 23.5 Å². The number of allylic oxidation sites excluding steroid dienone is 3. The van der Waals surface area contributed by atoms with Crippen molar-refractivity contribution in [1.29, 1.82) is 0 Å². The summed E-state index contributed by atoms with van der Waals surface area (Å²) in [6.45, 7) is 12.9. The van der Waals surface area contributed by atoms with Crippen molar-refractivity contribution in [3.05, 3.63) is 71.2 Å². The molecule has 5 amide bonds. The second kappa shape index (κ2) is 24.4. The number of nitrogens with one attached hydrogen (secondary N) is 2. The first-order valence-corrected chi connectivity index (χ1v) is 26.0. The molecule has 1 saturated heterocycles. The number of aliphatic imine (C=N–C) groups is 1. The Balaban J connectivity index is 1.28. The number of carbonyl (C=O) groups excluding carboxylic acids is 6. The number of ether oxygens (including phenoxy) is 2. The molecule has 5 aromatic rings. The van der Waals surface area contributed by atoms with E-state index in [0.717, 1.165) is 6.29 Å². The summed E-state index contributed by atoms with van der Waals surface area (Å²) >= 11 is 0. The first-order valence-electron chi connectivity index (χ1n) is 24.4. The number of nitrogens with two attached hydrogens (primary N) is 3. The van der Waals surface area contributed by atoms with Crippen molar-refractivity contribution in [1.82, 2.24) is 38.7 Å². The molecule has 75 heavy (non-hydrogen) atoms. The molecular weight excluding hydrogens is 989 g/mol. The molecule has 1 fully saturated rings. The highest BCUT2D eigenvalue weighted by molar-refractivity contribution is 7.89. The van der Waals surface area contributed by atoms with E-state index < -0.39 is 27.7 Å². The molecule has 4 heterocycles. The van der Waals surface area contributed by atoms with Gasteiger partial charge in [0.15, 0.2) is 0 Å². The fourth-order valence-corrected chi connectivity index (χ4v) is 8.97. The number of likely N-dealkylation sites (tertiary alicyclic amines) is 1. The van der Waals surface area contributed by atoms with Crippen molar-refractivity contribution >= 4 is 85.5 Å². The molecule has 0 spiro atoms. The van der Waals surface area contributed by atoms with E-state index in [2.05, 4.69) is 25.7 Å². The zero-order valence-corrected chi connectivity index (χ0v) is 44.3. The Labute approximate surface area is 434 Å². The normalized spacial score (nSPS) is 13.9. The topological polar surface area (TPSA) is 329 Å². The lowest BCUT2D eigenvalue weighted by Gasteiger charge is -2.39. The molecule has 1 aliphatic rings. The van der Waals surface area contributed by atoms with Crippen molar-refractivity contribution in [2.75, 3.05) is 57.6 Å². The number of aldehydes is 1. The summed E-state index contributed by atoms with van der Waals surface area (Å²) in [6, 6.07) is 7.17. The fourth-order valence-electron chi connectivity index (χ4n) is 8.42. The average Bonchev–Trinajstić information content (AvgIpc) is 4.02. The lowest BCUT2D eigenvalue weighted by molar-refractivity contribution is -0.139. The quantitative estimate of drug-likeness (QED) is 0.0318. The maximum Gasteiger partial charge on any atom is 0.276 e. The first-order chi connectivity index (χ1) is 35.6. The number of aromatic nitrogens is 6. The van der Waals surface area contributed by atoms with Gasteiger partial charge in [-0.05, 0) is 76.3 Å². The van der Waals surface area contributed by atoms with Gasteiger partial charge in [-0.15, -0.1) is 0 Å². The monoisotopic (exact) mass is 1050 g/mol. The molecule has 2 aromatic carbocycles. The number of rotatable bonds is 25. The largest absolute Gasteiger partial charge is 0.494 e. The van der Waals surface area contributed by atoms with Gasteiger partial charge in [0.1, 0.15) is 40.2 Å². The Bertz CT molecular complexity index is 3200. The number of primary amides is 1. The molecule has 25 heteroatoms. The molecule has 0 aliphatic carbocycles. The summed E-state index contributed by atoms with van der Waals surface area (Å²) in [7, 11) is -1.23. The van der Waals surface area contributed by atoms with Crippen molar-refractivity contribution in [3.63, 3.8) is 0 Å². The fraction of sp³-hybridized carbons (Fsp3) is 0.440. The van der Waals surface area contributed by atoms with Crippen molar-refractivity contribution in [2.24, 2.45) is 39.4 Å². The molecule has 0 radical (unpaired) electrons. The number of fused-ring (bicyclic) bond motifs is 2. The number of sulfonamides is 1. The predicted molar refractivity (Wildman–Crippen MR) is 282 cm³/mol. The van der Waals surface area contributed by atoms with Crippen LogP contribution in [0.3, 0.4) is 0 Å². The number of primary sulfonamides is 1. The summed E-state index contributed by atoms with van der Waals surface area (Å²) in [6.07, 6.45) is 6.50. The Hall–Kier alpha value is -7.93. The standard InChI is InChI=1S/C50H66N14O10S/c1-9-54-38(19-30(5)51)47(69)57-49-56-37-24-35(75(53,71)72)25-40(73-8)44(37)62(49)15-11-12-16-63-45-36(55-50(63)58-48(70)39-20-31(6)59-64(39)10-2)21-33(46(52)68)22-41(45)74-18-14-32-26-61(27-32)42(66)13-17-60(7)43(67)23-34(28-65)29(3)4/h11-12,19-22,24-25,28-29,32,34H,9-10,13-18,23,26-27,51H2,1-8H3,(H2,52,68)(H2,53,71,72)(H,55,58,70)(H,56,57,69)/b12-11+,30-19-,54-38?. The maximum absolute atomic E-state index is 13.9. The minimum atomic E-state index is -4.20. The molecule has 8 N–H and O–H groups in total. The van der Waals surface area contributed by atoms with Crippen LogP contribution in [0.5, 0.6) is 11.5 Å². The van der Waals surface area contributed by atoms with Crippen LogP contribution in [0.15, 0.2) is 64.1 Å². The molecule has 24 nitrogen and oxygen atoms in total. The number of hydrogen-bond acceptors (Lipinski definition) is 15. The van der Waals surface area contributed by atoms with E-state index >= 15 is 0 Å². The number of nitrogens with zero attached hydrogens (tertiary/aromatic N) is 9. The third-order valence-electron chi connectivity index (χ3n) is 12.6. The van der Waals surface area contributed by atoms with Crippen molar-refractivity contribution in [3.8, 4) is 11.5 Å². The van der Waals surface area contributed by atoms with E-state index in [0.29, 0.717) is 48.5 Å². The second-order valence-corrected chi connectivity index (χ2v) is 20.1. The predicted octanol–water partition coefficient (Wildman–Crippen LogP) is 3.37. The number of amides is 5. The smallest absolute Gasteiger partial charge is 0.276 e. The number of aryl methyl sites for hydroxylation is 2. The number of methoxy groups -OCH3 is 1. The zero-order valence-electron chi connectivity index (χ0n) is 43.5. The number of carbonyl (C=O) groups is 6. The summed E-state index contributed by atoms with van der Waals surface area (Å²) in [5.41, 5.74) is 14.3. The van der Waals surface area contributed by atoms with E-state index in [1.54, 1.807) is 64.8 Å². The van der Waals surface area contributed by atoms with Gasteiger partial charge in [0.05, 0.1) is 35.3 Å². The molecule has 3 aromatic heterocycles. The lowest BCUT2D eigenvalue weighted by Crippen LogP contribution is -2.51. The number of hydrogen-bond donors (Lipinski definition) is 5. The number of imidazole rings is 2. The molecule has 0 bridgehead atoms. The van der Waals surface area contributed by atoms with Gasteiger partial charge in [0, 0.05) is 88.9 Å². The van der Waals surface area contributed by atoms with Gasteiger partial charge in [0.25, 0.3) is 11.8 Å². The number of anilines is 2. The highest BCUT2D eigenvalue weighted by atomic mass is 32.2. The van der Waals surface area contributed by atoms with Gasteiger partial charge in [0.2, 0.25) is 39.6 Å². The van der Waals surface area contributed by atoms with Crippen LogP contribution >= 0.6 is 0 Å². The maximum atomic E-state index is 13.9. The Morgan fingerprint density at radius 2 is 1.59 bits per heavy atom. The van der Waals surface area contributed by atoms with E-state index in [9.17, 15) is 37.2 Å². The Morgan fingerprint density at radius 3 is 2.16 bits per heavy atom. The van der Waals surface area contributed by atoms with Crippen LogP contribution in [0, 0.1) is 24.7 Å². The third-order valence-corrected chi connectivity index (χ3v) is 13.5. The minimum absolute atomic E-state index is 0.0141. The summed E-state index contributed by atoms with van der Waals surface area (Å²) in [4.78, 5) is 94.0. The Morgan fingerprint density at radius 1 is 0.947 bits per heavy atom. The van der Waals surface area contributed by atoms with Crippen LogP contribution < -0.4 is 36.7 Å². The van der Waals surface area contributed by atoms with Crippen LogP contribution in [0.2, 0.25) is 0 Å².